The smallest absolute Gasteiger partial charge is 0.186 e. The van der Waals surface area contributed by atoms with E-state index < -0.39 is 53.9 Å². The van der Waals surface area contributed by atoms with Crippen LogP contribution in [0.15, 0.2) is 24.3 Å². The van der Waals surface area contributed by atoms with Gasteiger partial charge in [-0.15, -0.1) is 0 Å². The zero-order valence-corrected chi connectivity index (χ0v) is 27.9. The molecule has 5 N–H and O–H groups in total. The number of ether oxygens (including phenoxy) is 3. The van der Waals surface area contributed by atoms with Crippen LogP contribution in [0.2, 0.25) is 0 Å². The fraction of sp³-hybridized carbons (Fsp3) is 0.889. The Morgan fingerprint density at radius 2 is 1.70 bits per heavy atom. The lowest BCUT2D eigenvalue weighted by molar-refractivity contribution is -0.329. The van der Waals surface area contributed by atoms with Gasteiger partial charge in [-0.2, -0.15) is 0 Å². The van der Waals surface area contributed by atoms with Crippen molar-refractivity contribution < 1.29 is 39.7 Å². The van der Waals surface area contributed by atoms with Gasteiger partial charge in [-0.1, -0.05) is 58.9 Å². The van der Waals surface area contributed by atoms with E-state index in [9.17, 15) is 25.5 Å². The fourth-order valence-corrected chi connectivity index (χ4v) is 11.5. The third-order valence-corrected chi connectivity index (χ3v) is 14.2. The first-order valence-electron chi connectivity index (χ1n) is 17.2. The molecule has 8 nitrogen and oxygen atoms in total. The molecule has 0 aromatic rings. The van der Waals surface area contributed by atoms with Crippen LogP contribution in [-0.2, 0) is 14.2 Å². The van der Waals surface area contributed by atoms with E-state index in [-0.39, 0.29) is 22.3 Å². The Hall–Kier alpha value is -0.840. The van der Waals surface area contributed by atoms with Crippen molar-refractivity contribution in [2.75, 3.05) is 13.2 Å². The summed E-state index contributed by atoms with van der Waals surface area (Å²) in [7, 11) is 0. The molecular weight excluding hydrogens is 560 g/mol. The summed E-state index contributed by atoms with van der Waals surface area (Å²) < 4.78 is 19.2. The van der Waals surface area contributed by atoms with Crippen LogP contribution < -0.4 is 0 Å². The standard InChI is InChI=1S/C36H58O8/c1-21(9-8-14-31(2,3)41)22-12-15-34(7)24-13-16-36-25(35(24,20-42-36)18-17-33(22,34)6)10-11-26(32(36,4)5)44-30-29(40)28(39)27(38)23(19-37)43-30/h8,13-14,16,21-30,37-41H,9-12,15,17-20H2,1-7H3/b14-8+/t21-,22-,23-,24+,25+,26+,27-,28+,29-,30+,33-,34+,35+,36-/m1/s1. The minimum absolute atomic E-state index is 0.0767. The molecule has 0 aromatic carbocycles. The second-order valence-corrected chi connectivity index (χ2v) is 17.1. The number of hydrogen-bond acceptors (Lipinski definition) is 8. The predicted octanol–water partition coefficient (Wildman–Crippen LogP) is 4.12. The maximum absolute atomic E-state index is 10.7. The van der Waals surface area contributed by atoms with E-state index in [4.69, 9.17) is 14.2 Å². The minimum atomic E-state index is -1.46. The molecular formula is C36H58O8. The topological polar surface area (TPSA) is 129 Å². The largest absolute Gasteiger partial charge is 0.394 e. The van der Waals surface area contributed by atoms with Gasteiger partial charge in [0.1, 0.15) is 24.4 Å². The Balaban J connectivity index is 1.25. The Labute approximate surface area is 263 Å². The molecule has 3 saturated carbocycles. The van der Waals surface area contributed by atoms with E-state index in [1.807, 2.05) is 19.9 Å². The van der Waals surface area contributed by atoms with Crippen LogP contribution in [0, 0.1) is 45.3 Å². The van der Waals surface area contributed by atoms with E-state index >= 15 is 0 Å². The molecule has 2 saturated heterocycles. The Morgan fingerprint density at radius 3 is 2.39 bits per heavy atom. The summed E-state index contributed by atoms with van der Waals surface area (Å²) in [5.41, 5.74) is -1.24. The lowest BCUT2D eigenvalue weighted by Gasteiger charge is -2.65. The van der Waals surface area contributed by atoms with Gasteiger partial charge < -0.3 is 39.7 Å². The highest BCUT2D eigenvalue weighted by Gasteiger charge is 2.75. The monoisotopic (exact) mass is 618 g/mol. The Kier molecular flexibility index (Phi) is 8.15. The molecule has 0 radical (unpaired) electrons. The maximum atomic E-state index is 10.7. The molecule has 1 spiro atoms. The molecule has 250 valence electrons. The predicted molar refractivity (Wildman–Crippen MR) is 166 cm³/mol. The molecule has 2 heterocycles. The molecule has 6 aliphatic rings. The zero-order chi connectivity index (χ0) is 32.1. The first-order chi connectivity index (χ1) is 20.5. The lowest BCUT2D eigenvalue weighted by Crippen LogP contribution is -2.66. The van der Waals surface area contributed by atoms with Crippen molar-refractivity contribution in [3.05, 3.63) is 24.3 Å². The molecule has 6 rings (SSSR count). The molecule has 5 fully saturated rings. The van der Waals surface area contributed by atoms with Gasteiger partial charge in [-0.3, -0.25) is 0 Å². The number of aliphatic hydroxyl groups is 5. The summed E-state index contributed by atoms with van der Waals surface area (Å²) in [5, 5.41) is 51.2. The number of rotatable bonds is 7. The van der Waals surface area contributed by atoms with Gasteiger partial charge in [0.05, 0.1) is 30.5 Å². The molecule has 2 bridgehead atoms. The first-order valence-corrected chi connectivity index (χ1v) is 17.2. The summed E-state index contributed by atoms with van der Waals surface area (Å²) in [6.45, 7) is 15.8. The number of aliphatic hydroxyl groups excluding tert-OH is 4. The van der Waals surface area contributed by atoms with Crippen LogP contribution in [0.1, 0.15) is 93.4 Å². The Morgan fingerprint density at radius 1 is 0.977 bits per heavy atom. The first kappa shape index (κ1) is 33.1. The lowest BCUT2D eigenvalue weighted by atomic mass is 9.38. The summed E-state index contributed by atoms with van der Waals surface area (Å²) >= 11 is 0. The number of hydrogen-bond donors (Lipinski definition) is 5. The minimum Gasteiger partial charge on any atom is -0.394 e. The Bertz CT molecular complexity index is 1140. The summed E-state index contributed by atoms with van der Waals surface area (Å²) in [5.74, 6) is 1.99. The zero-order valence-electron chi connectivity index (χ0n) is 27.9. The van der Waals surface area contributed by atoms with Crippen molar-refractivity contribution in [3.8, 4) is 0 Å². The highest BCUT2D eigenvalue weighted by molar-refractivity contribution is 5.33. The summed E-state index contributed by atoms with van der Waals surface area (Å²) in [4.78, 5) is 0. The highest BCUT2D eigenvalue weighted by Crippen LogP contribution is 2.77. The fourth-order valence-electron chi connectivity index (χ4n) is 11.5. The quantitative estimate of drug-likeness (QED) is 0.270. The van der Waals surface area contributed by atoms with Crippen LogP contribution in [-0.4, -0.2) is 86.8 Å². The van der Waals surface area contributed by atoms with Gasteiger partial charge >= 0.3 is 0 Å². The third-order valence-electron chi connectivity index (χ3n) is 14.2. The molecule has 0 aromatic heterocycles. The van der Waals surface area contributed by atoms with Crippen LogP contribution in [0.25, 0.3) is 0 Å². The van der Waals surface area contributed by atoms with Crippen LogP contribution in [0.3, 0.4) is 0 Å². The van der Waals surface area contributed by atoms with Gasteiger partial charge in [0.2, 0.25) is 0 Å². The van der Waals surface area contributed by atoms with E-state index in [2.05, 4.69) is 52.8 Å². The second kappa shape index (κ2) is 10.8. The molecule has 44 heavy (non-hydrogen) atoms. The van der Waals surface area contributed by atoms with Gasteiger partial charge in [0.25, 0.3) is 0 Å². The molecule has 2 aliphatic heterocycles. The third kappa shape index (κ3) is 4.52. The molecule has 14 atom stereocenters. The average Bonchev–Trinajstić information content (AvgIpc) is 3.35. The van der Waals surface area contributed by atoms with E-state index in [0.717, 1.165) is 32.3 Å². The highest BCUT2D eigenvalue weighted by atomic mass is 16.7. The maximum Gasteiger partial charge on any atom is 0.186 e. The summed E-state index contributed by atoms with van der Waals surface area (Å²) in [6.07, 6.45) is 9.78. The normalized spacial score (nSPS) is 52.0. The number of allylic oxidation sites excluding steroid dienone is 2. The van der Waals surface area contributed by atoms with E-state index in [0.29, 0.717) is 23.7 Å². The molecule has 0 unspecified atom stereocenters. The van der Waals surface area contributed by atoms with Gasteiger partial charge in [-0.25, -0.2) is 0 Å². The second-order valence-electron chi connectivity index (χ2n) is 17.1. The van der Waals surface area contributed by atoms with Crippen LogP contribution in [0.5, 0.6) is 0 Å². The molecule has 8 heteroatoms. The SMILES string of the molecule is C[C@H](C/C=C/C(C)(C)O)[C@H]1CC[C@@]2(C)[C@@H]3C=C[C@@]45OC[C@]3(CC[C@]12C)[C@@H]4CC[C@H](O[C@@H]1O[C@H](CO)[C@@H](O)[C@H](O)[C@H]1O)C5(C)C. The van der Waals surface area contributed by atoms with Crippen molar-refractivity contribution >= 4 is 0 Å². The van der Waals surface area contributed by atoms with Gasteiger partial charge in [-0.05, 0) is 87.4 Å². The van der Waals surface area contributed by atoms with Crippen molar-refractivity contribution in [2.24, 2.45) is 45.3 Å². The molecule has 4 aliphatic carbocycles. The van der Waals surface area contributed by atoms with E-state index in [1.165, 1.54) is 19.3 Å². The van der Waals surface area contributed by atoms with Gasteiger partial charge in [0.15, 0.2) is 6.29 Å². The van der Waals surface area contributed by atoms with E-state index in [1.54, 1.807) is 0 Å². The average molecular weight is 619 g/mol. The summed E-state index contributed by atoms with van der Waals surface area (Å²) in [6, 6.07) is 0. The molecule has 0 amide bonds. The van der Waals surface area contributed by atoms with Crippen LogP contribution in [0.4, 0.5) is 0 Å². The van der Waals surface area contributed by atoms with Crippen molar-refractivity contribution in [2.45, 2.75) is 141 Å². The number of fused-ring (bicyclic) bond motifs is 2. The van der Waals surface area contributed by atoms with Gasteiger partial charge in [0, 0.05) is 16.7 Å². The van der Waals surface area contributed by atoms with Crippen molar-refractivity contribution in [1.82, 2.24) is 0 Å². The van der Waals surface area contributed by atoms with Crippen molar-refractivity contribution in [1.29, 1.82) is 0 Å². The van der Waals surface area contributed by atoms with Crippen LogP contribution >= 0.6 is 0 Å². The van der Waals surface area contributed by atoms with Crippen molar-refractivity contribution in [3.63, 3.8) is 0 Å².